The predicted molar refractivity (Wildman–Crippen MR) is 135 cm³/mol. The summed E-state index contributed by atoms with van der Waals surface area (Å²) in [6.07, 6.45) is 1.28. The van der Waals surface area contributed by atoms with Gasteiger partial charge < -0.3 is 23.7 Å². The first kappa shape index (κ1) is 22.8. The maximum absolute atomic E-state index is 13.0. The Morgan fingerprint density at radius 1 is 0.943 bits per heavy atom. The van der Waals surface area contributed by atoms with E-state index in [2.05, 4.69) is 4.90 Å². The number of hydrogen-bond donors (Lipinski definition) is 0. The molecule has 1 aliphatic rings. The number of carbonyl (C=O) groups is 1. The third-order valence-corrected chi connectivity index (χ3v) is 6.25. The van der Waals surface area contributed by atoms with Gasteiger partial charge in [-0.1, -0.05) is 17.7 Å². The van der Waals surface area contributed by atoms with E-state index in [0.29, 0.717) is 46.1 Å². The molecule has 7 nitrogen and oxygen atoms in total. The normalized spacial score (nSPS) is 13.7. The molecule has 178 valence electrons. The Morgan fingerprint density at radius 2 is 1.69 bits per heavy atom. The highest BCUT2D eigenvalue weighted by atomic mass is 35.5. The highest BCUT2D eigenvalue weighted by Gasteiger charge is 2.22. The molecule has 1 amide bonds. The maximum Gasteiger partial charge on any atom is 0.253 e. The quantitative estimate of drug-likeness (QED) is 0.382. The second-order valence-electron chi connectivity index (χ2n) is 8.18. The Bertz CT molecular complexity index is 1430. The summed E-state index contributed by atoms with van der Waals surface area (Å²) in [4.78, 5) is 29.8. The standard InChI is InChI=1S/C27H23ClN2O5/c1-33-22-9-10-23-24(16-22)34-17-25(26(23)31)35-21-7-5-18(6-8-21)27(32)30-13-11-29(12-14-30)20-4-2-3-19(28)15-20/h2-10,15-17H,11-14H2,1H3. The summed E-state index contributed by atoms with van der Waals surface area (Å²) in [5.74, 6) is 1.06. The number of piperazine rings is 1. The van der Waals surface area contributed by atoms with Gasteiger partial charge in [0, 0.05) is 48.5 Å². The first-order valence-corrected chi connectivity index (χ1v) is 11.6. The number of nitrogens with zero attached hydrogens (tertiary/aromatic N) is 2. The van der Waals surface area contributed by atoms with Gasteiger partial charge in [-0.15, -0.1) is 0 Å². The van der Waals surface area contributed by atoms with E-state index in [1.54, 1.807) is 49.6 Å². The minimum absolute atomic E-state index is 0.0403. The van der Waals surface area contributed by atoms with Gasteiger partial charge in [0.2, 0.25) is 11.2 Å². The molecule has 1 saturated heterocycles. The Labute approximate surface area is 207 Å². The van der Waals surface area contributed by atoms with Gasteiger partial charge in [0.25, 0.3) is 5.91 Å². The number of rotatable bonds is 5. The topological polar surface area (TPSA) is 72.2 Å². The van der Waals surface area contributed by atoms with Crippen molar-refractivity contribution in [3.63, 3.8) is 0 Å². The van der Waals surface area contributed by atoms with Gasteiger partial charge >= 0.3 is 0 Å². The second kappa shape index (κ2) is 9.72. The Balaban J connectivity index is 1.24. The number of benzene rings is 3. The summed E-state index contributed by atoms with van der Waals surface area (Å²) in [6.45, 7) is 2.70. The fourth-order valence-electron chi connectivity index (χ4n) is 4.10. The maximum atomic E-state index is 13.0. The Kier molecular flexibility index (Phi) is 6.33. The average Bonchev–Trinajstić information content (AvgIpc) is 2.90. The van der Waals surface area contributed by atoms with Crippen LogP contribution < -0.4 is 19.8 Å². The number of carbonyl (C=O) groups excluding carboxylic acids is 1. The van der Waals surface area contributed by atoms with Gasteiger partial charge in [-0.05, 0) is 54.6 Å². The number of halogens is 1. The summed E-state index contributed by atoms with van der Waals surface area (Å²) in [5.41, 5.74) is 1.75. The summed E-state index contributed by atoms with van der Waals surface area (Å²) in [6, 6.07) is 19.5. The molecule has 3 aromatic carbocycles. The van der Waals surface area contributed by atoms with Crippen molar-refractivity contribution in [2.75, 3.05) is 38.2 Å². The van der Waals surface area contributed by atoms with Crippen LogP contribution in [0, 0.1) is 0 Å². The van der Waals surface area contributed by atoms with Crippen LogP contribution in [0.3, 0.4) is 0 Å². The molecule has 2 heterocycles. The molecule has 5 rings (SSSR count). The molecule has 0 atom stereocenters. The number of hydrogen-bond acceptors (Lipinski definition) is 6. The van der Waals surface area contributed by atoms with Gasteiger partial charge in [-0.3, -0.25) is 9.59 Å². The Hall–Kier alpha value is -3.97. The monoisotopic (exact) mass is 490 g/mol. The first-order chi connectivity index (χ1) is 17.0. The van der Waals surface area contributed by atoms with Crippen LogP contribution >= 0.6 is 11.6 Å². The van der Waals surface area contributed by atoms with Crippen LogP contribution in [0.1, 0.15) is 10.4 Å². The fourth-order valence-corrected chi connectivity index (χ4v) is 4.29. The third kappa shape index (κ3) is 4.81. The second-order valence-corrected chi connectivity index (χ2v) is 8.61. The molecular weight excluding hydrogens is 468 g/mol. The van der Waals surface area contributed by atoms with E-state index in [4.69, 9.17) is 25.5 Å². The summed E-state index contributed by atoms with van der Waals surface area (Å²) in [5, 5.41) is 1.09. The minimum atomic E-state index is -0.286. The highest BCUT2D eigenvalue weighted by Crippen LogP contribution is 2.25. The van der Waals surface area contributed by atoms with Crippen LogP contribution in [-0.2, 0) is 0 Å². The van der Waals surface area contributed by atoms with Gasteiger partial charge in [-0.25, -0.2) is 0 Å². The molecule has 1 aromatic heterocycles. The molecule has 0 saturated carbocycles. The van der Waals surface area contributed by atoms with Crippen molar-refractivity contribution in [1.82, 2.24) is 4.90 Å². The lowest BCUT2D eigenvalue weighted by molar-refractivity contribution is 0.0747. The molecule has 0 bridgehead atoms. The fraction of sp³-hybridized carbons (Fsp3) is 0.185. The van der Waals surface area contributed by atoms with Crippen molar-refractivity contribution in [3.8, 4) is 17.2 Å². The van der Waals surface area contributed by atoms with Crippen molar-refractivity contribution < 1.29 is 18.7 Å². The third-order valence-electron chi connectivity index (χ3n) is 6.02. The summed E-state index contributed by atoms with van der Waals surface area (Å²) < 4.78 is 16.5. The molecule has 1 fully saturated rings. The molecule has 35 heavy (non-hydrogen) atoms. The molecule has 1 aliphatic heterocycles. The zero-order valence-corrected chi connectivity index (χ0v) is 19.8. The van der Waals surface area contributed by atoms with Crippen LogP contribution in [0.2, 0.25) is 5.02 Å². The van der Waals surface area contributed by atoms with Gasteiger partial charge in [-0.2, -0.15) is 0 Å². The lowest BCUT2D eigenvalue weighted by Gasteiger charge is -2.36. The Morgan fingerprint density at radius 3 is 2.40 bits per heavy atom. The average molecular weight is 491 g/mol. The molecular formula is C27H23ClN2O5. The van der Waals surface area contributed by atoms with E-state index in [9.17, 15) is 9.59 Å². The van der Waals surface area contributed by atoms with E-state index in [1.807, 2.05) is 29.2 Å². The number of fused-ring (bicyclic) bond motifs is 1. The van der Waals surface area contributed by atoms with E-state index < -0.39 is 0 Å². The lowest BCUT2D eigenvalue weighted by atomic mass is 10.1. The van der Waals surface area contributed by atoms with Crippen molar-refractivity contribution in [2.24, 2.45) is 0 Å². The molecule has 0 aliphatic carbocycles. The number of ether oxygens (including phenoxy) is 2. The van der Waals surface area contributed by atoms with Crippen molar-refractivity contribution >= 4 is 34.2 Å². The van der Waals surface area contributed by atoms with Crippen LogP contribution in [0.4, 0.5) is 5.69 Å². The van der Waals surface area contributed by atoms with Crippen LogP contribution in [0.5, 0.6) is 17.2 Å². The van der Waals surface area contributed by atoms with Crippen LogP contribution in [0.25, 0.3) is 11.0 Å². The van der Waals surface area contributed by atoms with Gasteiger partial charge in [0.15, 0.2) is 0 Å². The molecule has 0 N–H and O–H groups in total. The number of anilines is 1. The first-order valence-electron chi connectivity index (χ1n) is 11.2. The van der Waals surface area contributed by atoms with E-state index in [-0.39, 0.29) is 17.1 Å². The number of methoxy groups -OCH3 is 1. The van der Waals surface area contributed by atoms with Crippen molar-refractivity contribution in [2.45, 2.75) is 0 Å². The molecule has 0 unspecified atom stereocenters. The van der Waals surface area contributed by atoms with Crippen LogP contribution in [-0.4, -0.2) is 44.1 Å². The number of amides is 1. The zero-order valence-electron chi connectivity index (χ0n) is 19.1. The van der Waals surface area contributed by atoms with E-state index >= 15 is 0 Å². The zero-order chi connectivity index (χ0) is 24.4. The van der Waals surface area contributed by atoms with Gasteiger partial charge in [0.1, 0.15) is 23.3 Å². The largest absolute Gasteiger partial charge is 0.497 e. The highest BCUT2D eigenvalue weighted by molar-refractivity contribution is 6.30. The van der Waals surface area contributed by atoms with Crippen molar-refractivity contribution in [1.29, 1.82) is 0 Å². The van der Waals surface area contributed by atoms with Crippen molar-refractivity contribution in [3.05, 3.63) is 93.8 Å². The molecule has 0 spiro atoms. The summed E-state index contributed by atoms with van der Waals surface area (Å²) >= 11 is 6.10. The molecule has 0 radical (unpaired) electrons. The molecule has 8 heteroatoms. The van der Waals surface area contributed by atoms with E-state index in [1.165, 1.54) is 6.26 Å². The SMILES string of the molecule is COc1ccc2c(=O)c(Oc3ccc(C(=O)N4CCN(c5cccc(Cl)c5)CC4)cc3)coc2c1. The summed E-state index contributed by atoms with van der Waals surface area (Å²) in [7, 11) is 1.55. The minimum Gasteiger partial charge on any atom is -0.497 e. The van der Waals surface area contributed by atoms with Crippen LogP contribution in [0.15, 0.2) is 82.2 Å². The van der Waals surface area contributed by atoms with Gasteiger partial charge in [0.05, 0.1) is 12.5 Å². The smallest absolute Gasteiger partial charge is 0.253 e. The lowest BCUT2D eigenvalue weighted by Crippen LogP contribution is -2.48. The van der Waals surface area contributed by atoms with E-state index in [0.717, 1.165) is 18.8 Å². The molecule has 4 aromatic rings. The predicted octanol–water partition coefficient (Wildman–Crippen LogP) is 5.21.